The Kier molecular flexibility index (Phi) is 15.1. The van der Waals surface area contributed by atoms with Crippen LogP contribution in [-0.4, -0.2) is 16.9 Å². The van der Waals surface area contributed by atoms with Gasteiger partial charge in [-0.3, -0.25) is 9.59 Å². The van der Waals surface area contributed by atoms with E-state index in [-0.39, 0.29) is 0 Å². The van der Waals surface area contributed by atoms with Crippen LogP contribution in [0.4, 0.5) is 0 Å². The summed E-state index contributed by atoms with van der Waals surface area (Å²) in [7, 11) is 0. The lowest BCUT2D eigenvalue weighted by molar-refractivity contribution is -0.137. The van der Waals surface area contributed by atoms with Gasteiger partial charge < -0.3 is 5.11 Å². The summed E-state index contributed by atoms with van der Waals surface area (Å²) in [5.74, 6) is 1.20. The van der Waals surface area contributed by atoms with Gasteiger partial charge in [0, 0.05) is 19.3 Å². The van der Waals surface area contributed by atoms with Crippen LogP contribution in [0, 0.1) is 11.8 Å². The largest absolute Gasteiger partial charge is 0.481 e. The van der Waals surface area contributed by atoms with Crippen molar-refractivity contribution >= 4 is 11.8 Å². The van der Waals surface area contributed by atoms with Crippen molar-refractivity contribution in [3.8, 4) is 0 Å². The van der Waals surface area contributed by atoms with Crippen LogP contribution in [0.15, 0.2) is 0 Å². The first-order chi connectivity index (χ1) is 11.5. The highest BCUT2D eigenvalue weighted by Gasteiger charge is 2.28. The van der Waals surface area contributed by atoms with Crippen LogP contribution in [0.3, 0.4) is 0 Å². The lowest BCUT2D eigenvalue weighted by Gasteiger charge is -2.13. The molecule has 1 rings (SSSR count). The van der Waals surface area contributed by atoms with Crippen LogP contribution in [0.5, 0.6) is 0 Å². The van der Waals surface area contributed by atoms with Crippen molar-refractivity contribution in [3.05, 3.63) is 0 Å². The number of ketones is 1. The van der Waals surface area contributed by atoms with Crippen molar-refractivity contribution < 1.29 is 14.7 Å². The van der Waals surface area contributed by atoms with Gasteiger partial charge in [0.15, 0.2) is 0 Å². The Hall–Kier alpha value is -0.860. The van der Waals surface area contributed by atoms with Gasteiger partial charge >= 0.3 is 5.97 Å². The first kappa shape index (κ1) is 23.1. The van der Waals surface area contributed by atoms with Gasteiger partial charge in [0.25, 0.3) is 0 Å². The molecule has 24 heavy (non-hydrogen) atoms. The van der Waals surface area contributed by atoms with E-state index in [1.54, 1.807) is 0 Å². The highest BCUT2D eigenvalue weighted by molar-refractivity contribution is 5.81. The van der Waals surface area contributed by atoms with E-state index in [9.17, 15) is 9.59 Å². The zero-order valence-corrected chi connectivity index (χ0v) is 16.3. The molecule has 1 aliphatic rings. The molecular formula is C21H40O3. The van der Waals surface area contributed by atoms with Gasteiger partial charge in [-0.05, 0) is 24.7 Å². The summed E-state index contributed by atoms with van der Waals surface area (Å²) in [6, 6.07) is 0. The molecule has 0 amide bonds. The molecule has 1 unspecified atom stereocenters. The van der Waals surface area contributed by atoms with Crippen molar-refractivity contribution in [2.75, 3.05) is 0 Å². The molecule has 1 fully saturated rings. The Bertz CT molecular complexity index is 325. The van der Waals surface area contributed by atoms with Gasteiger partial charge in [-0.2, -0.15) is 0 Å². The van der Waals surface area contributed by atoms with Crippen LogP contribution in [-0.2, 0) is 9.59 Å². The molecule has 0 heterocycles. The van der Waals surface area contributed by atoms with Gasteiger partial charge in [0.05, 0.1) is 0 Å². The highest BCUT2D eigenvalue weighted by atomic mass is 16.4. The maximum absolute atomic E-state index is 11.2. The van der Waals surface area contributed by atoms with E-state index in [4.69, 9.17) is 5.11 Å². The molecule has 142 valence electrons. The molecule has 1 saturated carbocycles. The fraction of sp³-hybridized carbons (Fsp3) is 0.905. The number of rotatable bonds is 12. The second-order valence-corrected chi connectivity index (χ2v) is 7.45. The number of Topliss-reactive ketones (excluding diaryl/α,β-unsaturated/α-hetero) is 1. The summed E-state index contributed by atoms with van der Waals surface area (Å²) in [5.41, 5.74) is 0. The molecule has 0 spiro atoms. The predicted molar refractivity (Wildman–Crippen MR) is 101 cm³/mol. The zero-order valence-electron chi connectivity index (χ0n) is 16.3. The van der Waals surface area contributed by atoms with Crippen LogP contribution in [0.1, 0.15) is 111 Å². The lowest BCUT2D eigenvalue weighted by atomic mass is 9.92. The van der Waals surface area contributed by atoms with E-state index in [0.717, 1.165) is 32.1 Å². The van der Waals surface area contributed by atoms with Gasteiger partial charge in [-0.15, -0.1) is 0 Å². The maximum Gasteiger partial charge on any atom is 0.303 e. The first-order valence-corrected chi connectivity index (χ1v) is 10.2. The molecule has 0 aromatic heterocycles. The number of carbonyl (C=O) groups excluding carboxylic acids is 1. The molecule has 3 heteroatoms. The Balaban J connectivity index is 0.000000506. The monoisotopic (exact) mass is 340 g/mol. The summed E-state index contributed by atoms with van der Waals surface area (Å²) in [6.45, 7) is 6.61. The molecule has 0 radical (unpaired) electrons. The standard InChI is InChI=1S/C14H26O.C7H14O2/c1-3-4-5-6-7-8-9-13-11-14(15)10-12(13)2;1-2-3-4-5-6-7(8)9/h12-13H,3-11H2,1-2H3;2-6H2,1H3,(H,8,9)/t12?,13-;/m1./s1. The SMILES string of the molecule is CCCCCCC(=O)O.CCCCCCCC[C@@H]1CC(=O)CC1C. The minimum Gasteiger partial charge on any atom is -0.481 e. The summed E-state index contributed by atoms with van der Waals surface area (Å²) < 4.78 is 0. The van der Waals surface area contributed by atoms with Crippen molar-refractivity contribution in [3.63, 3.8) is 0 Å². The molecule has 0 saturated heterocycles. The van der Waals surface area contributed by atoms with Crippen molar-refractivity contribution in [1.29, 1.82) is 0 Å². The van der Waals surface area contributed by atoms with Crippen LogP contribution in [0.2, 0.25) is 0 Å². The van der Waals surface area contributed by atoms with Gasteiger partial charge in [0.2, 0.25) is 0 Å². The van der Waals surface area contributed by atoms with E-state index in [1.807, 2.05) is 0 Å². The second-order valence-electron chi connectivity index (χ2n) is 7.45. The average molecular weight is 341 g/mol. The minimum atomic E-state index is -0.675. The summed E-state index contributed by atoms with van der Waals surface area (Å²) in [6.07, 6.45) is 15.8. The molecule has 0 bridgehead atoms. The number of aliphatic carboxylic acids is 1. The Morgan fingerprint density at radius 1 is 0.917 bits per heavy atom. The number of hydrogen-bond donors (Lipinski definition) is 1. The molecule has 1 N–H and O–H groups in total. The Morgan fingerprint density at radius 3 is 1.96 bits per heavy atom. The topological polar surface area (TPSA) is 54.4 Å². The van der Waals surface area contributed by atoms with E-state index in [2.05, 4.69) is 20.8 Å². The number of carbonyl (C=O) groups is 2. The summed E-state index contributed by atoms with van der Waals surface area (Å²) in [4.78, 5) is 21.2. The number of hydrogen-bond acceptors (Lipinski definition) is 2. The smallest absolute Gasteiger partial charge is 0.303 e. The van der Waals surface area contributed by atoms with E-state index < -0.39 is 5.97 Å². The Labute approximate surface area is 149 Å². The second kappa shape index (κ2) is 15.7. The lowest BCUT2D eigenvalue weighted by Crippen LogP contribution is -2.03. The van der Waals surface area contributed by atoms with E-state index in [0.29, 0.717) is 24.0 Å². The van der Waals surface area contributed by atoms with Crippen molar-refractivity contribution in [2.24, 2.45) is 11.8 Å². The first-order valence-electron chi connectivity index (χ1n) is 10.2. The van der Waals surface area contributed by atoms with Crippen LogP contribution < -0.4 is 0 Å². The van der Waals surface area contributed by atoms with Crippen LogP contribution >= 0.6 is 0 Å². The van der Waals surface area contributed by atoms with Gasteiger partial charge in [-0.1, -0.05) is 78.6 Å². The summed E-state index contributed by atoms with van der Waals surface area (Å²) >= 11 is 0. The highest BCUT2D eigenvalue weighted by Crippen LogP contribution is 2.32. The van der Waals surface area contributed by atoms with Crippen molar-refractivity contribution in [2.45, 2.75) is 111 Å². The van der Waals surface area contributed by atoms with Gasteiger partial charge in [0.1, 0.15) is 5.78 Å². The molecular weight excluding hydrogens is 300 g/mol. The van der Waals surface area contributed by atoms with Crippen molar-refractivity contribution in [1.82, 2.24) is 0 Å². The quantitative estimate of drug-likeness (QED) is 0.418. The fourth-order valence-corrected chi connectivity index (χ4v) is 3.38. The third kappa shape index (κ3) is 13.6. The molecule has 1 aliphatic carbocycles. The maximum atomic E-state index is 11.2. The fourth-order valence-electron chi connectivity index (χ4n) is 3.38. The molecule has 0 aromatic carbocycles. The average Bonchev–Trinajstić information content (AvgIpc) is 2.85. The van der Waals surface area contributed by atoms with Crippen LogP contribution in [0.25, 0.3) is 0 Å². The molecule has 3 nitrogen and oxygen atoms in total. The molecule has 0 aliphatic heterocycles. The van der Waals surface area contributed by atoms with Gasteiger partial charge in [-0.25, -0.2) is 0 Å². The van der Waals surface area contributed by atoms with E-state index >= 15 is 0 Å². The van der Waals surface area contributed by atoms with E-state index in [1.165, 1.54) is 51.4 Å². The number of carboxylic acid groups (broad SMARTS) is 1. The Morgan fingerprint density at radius 2 is 1.46 bits per heavy atom. The number of carboxylic acids is 1. The third-order valence-corrected chi connectivity index (χ3v) is 5.02. The minimum absolute atomic E-state index is 0.333. The zero-order chi connectivity index (χ0) is 18.2. The summed E-state index contributed by atoms with van der Waals surface area (Å²) in [5, 5.41) is 8.21. The number of unbranched alkanes of at least 4 members (excludes halogenated alkanes) is 8. The third-order valence-electron chi connectivity index (χ3n) is 5.02. The predicted octanol–water partition coefficient (Wildman–Crippen LogP) is 6.39. The normalized spacial score (nSPS) is 19.9. The molecule has 0 aromatic rings. The molecule has 2 atom stereocenters.